The summed E-state index contributed by atoms with van der Waals surface area (Å²) in [6.45, 7) is 3.53. The quantitative estimate of drug-likeness (QED) is 0.754. The minimum atomic E-state index is 0.309. The van der Waals surface area contributed by atoms with Crippen molar-refractivity contribution < 1.29 is 9.47 Å². The molecule has 2 atom stereocenters. The summed E-state index contributed by atoms with van der Waals surface area (Å²) in [6, 6.07) is 10.3. The van der Waals surface area contributed by atoms with Crippen LogP contribution in [0.15, 0.2) is 30.3 Å². The van der Waals surface area contributed by atoms with Crippen LogP contribution in [0.2, 0.25) is 0 Å². The van der Waals surface area contributed by atoms with E-state index in [-0.39, 0.29) is 0 Å². The molecule has 0 aliphatic carbocycles. The number of hydrogen-bond acceptors (Lipinski definition) is 2. The van der Waals surface area contributed by atoms with Gasteiger partial charge in [-0.25, -0.2) is 0 Å². The third-order valence-corrected chi connectivity index (χ3v) is 2.74. The van der Waals surface area contributed by atoms with Crippen molar-refractivity contribution in [1.82, 2.24) is 0 Å². The van der Waals surface area contributed by atoms with E-state index in [9.17, 15) is 0 Å². The second kappa shape index (κ2) is 5.29. The Morgan fingerprint density at radius 1 is 1.27 bits per heavy atom. The van der Waals surface area contributed by atoms with Crippen molar-refractivity contribution in [3.8, 4) is 0 Å². The van der Waals surface area contributed by atoms with Crippen LogP contribution in [0.25, 0.3) is 0 Å². The third kappa shape index (κ3) is 3.33. The fourth-order valence-electron chi connectivity index (χ4n) is 1.89. The second-order valence-electron chi connectivity index (χ2n) is 4.15. The van der Waals surface area contributed by atoms with Crippen LogP contribution >= 0.6 is 0 Å². The summed E-state index contributed by atoms with van der Waals surface area (Å²) in [5.41, 5.74) is 1.23. The molecule has 1 aliphatic heterocycles. The van der Waals surface area contributed by atoms with E-state index in [2.05, 4.69) is 19.1 Å². The van der Waals surface area contributed by atoms with Crippen molar-refractivity contribution >= 4 is 0 Å². The maximum Gasteiger partial charge on any atom is 0.0813 e. The molecule has 82 valence electrons. The molecule has 0 bridgehead atoms. The first-order valence-electron chi connectivity index (χ1n) is 5.62. The average Bonchev–Trinajstić information content (AvgIpc) is 2.66. The van der Waals surface area contributed by atoms with Gasteiger partial charge in [-0.3, -0.25) is 0 Å². The molecule has 2 rings (SSSR count). The van der Waals surface area contributed by atoms with Crippen LogP contribution in [0.5, 0.6) is 0 Å². The summed E-state index contributed by atoms with van der Waals surface area (Å²) >= 11 is 0. The highest BCUT2D eigenvalue weighted by molar-refractivity contribution is 5.13. The zero-order chi connectivity index (χ0) is 10.5. The van der Waals surface area contributed by atoms with E-state index in [0.29, 0.717) is 18.8 Å². The summed E-state index contributed by atoms with van der Waals surface area (Å²) in [6.07, 6.45) is 3.02. The van der Waals surface area contributed by atoms with Gasteiger partial charge in [-0.15, -0.1) is 0 Å². The molecule has 2 unspecified atom stereocenters. The normalized spacial score (nSPS) is 25.7. The molecule has 15 heavy (non-hydrogen) atoms. The molecule has 1 aromatic carbocycles. The van der Waals surface area contributed by atoms with Crippen molar-refractivity contribution in [1.29, 1.82) is 0 Å². The fourth-order valence-corrected chi connectivity index (χ4v) is 1.89. The molecule has 1 heterocycles. The van der Waals surface area contributed by atoms with Gasteiger partial charge in [0.25, 0.3) is 0 Å². The smallest absolute Gasteiger partial charge is 0.0813 e. The molecule has 0 N–H and O–H groups in total. The summed E-state index contributed by atoms with van der Waals surface area (Å²) < 4.78 is 11.3. The predicted molar refractivity (Wildman–Crippen MR) is 59.7 cm³/mol. The first-order valence-corrected chi connectivity index (χ1v) is 5.62. The molecule has 0 aromatic heterocycles. The molecular formula is C13H18O2. The Bertz CT molecular complexity index is 284. The van der Waals surface area contributed by atoms with E-state index < -0.39 is 0 Å². The van der Waals surface area contributed by atoms with Gasteiger partial charge in [0.1, 0.15) is 0 Å². The van der Waals surface area contributed by atoms with E-state index in [1.54, 1.807) is 0 Å². The maximum absolute atomic E-state index is 5.67. The standard InChI is InChI=1S/C13H18O2/c1-11-7-8-13(15-11)10-14-9-12-5-3-2-4-6-12/h2-6,11,13H,7-10H2,1H3. The molecule has 1 aliphatic rings. The number of benzene rings is 1. The van der Waals surface area contributed by atoms with Gasteiger partial charge in [0, 0.05) is 0 Å². The lowest BCUT2D eigenvalue weighted by molar-refractivity contribution is -0.0142. The first kappa shape index (κ1) is 10.7. The van der Waals surface area contributed by atoms with Crippen molar-refractivity contribution in [2.24, 2.45) is 0 Å². The van der Waals surface area contributed by atoms with Gasteiger partial charge in [0.2, 0.25) is 0 Å². The molecule has 0 saturated carbocycles. The molecule has 2 nitrogen and oxygen atoms in total. The molecule has 0 spiro atoms. The van der Waals surface area contributed by atoms with Crippen LogP contribution in [-0.2, 0) is 16.1 Å². The van der Waals surface area contributed by atoms with Gasteiger partial charge >= 0.3 is 0 Å². The van der Waals surface area contributed by atoms with Gasteiger partial charge in [0.15, 0.2) is 0 Å². The molecule has 1 fully saturated rings. The third-order valence-electron chi connectivity index (χ3n) is 2.74. The highest BCUT2D eigenvalue weighted by atomic mass is 16.5. The molecular weight excluding hydrogens is 188 g/mol. The lowest BCUT2D eigenvalue weighted by atomic mass is 10.2. The minimum absolute atomic E-state index is 0.309. The van der Waals surface area contributed by atoms with Crippen molar-refractivity contribution in [2.75, 3.05) is 6.61 Å². The monoisotopic (exact) mass is 206 g/mol. The zero-order valence-corrected chi connectivity index (χ0v) is 9.19. The number of rotatable bonds is 4. The molecule has 1 aromatic rings. The molecule has 0 radical (unpaired) electrons. The average molecular weight is 206 g/mol. The Hall–Kier alpha value is -0.860. The molecule has 1 saturated heterocycles. The van der Waals surface area contributed by atoms with Gasteiger partial charge in [-0.1, -0.05) is 30.3 Å². The van der Waals surface area contributed by atoms with Crippen LogP contribution in [0, 0.1) is 0 Å². The van der Waals surface area contributed by atoms with Gasteiger partial charge in [-0.2, -0.15) is 0 Å². The highest BCUT2D eigenvalue weighted by Crippen LogP contribution is 2.19. The van der Waals surface area contributed by atoms with E-state index in [4.69, 9.17) is 9.47 Å². The molecule has 0 amide bonds. The lowest BCUT2D eigenvalue weighted by Crippen LogP contribution is -2.15. The lowest BCUT2D eigenvalue weighted by Gasteiger charge is -2.11. The predicted octanol–water partition coefficient (Wildman–Crippen LogP) is 2.77. The van der Waals surface area contributed by atoms with Crippen LogP contribution in [-0.4, -0.2) is 18.8 Å². The van der Waals surface area contributed by atoms with Crippen molar-refractivity contribution in [3.63, 3.8) is 0 Å². The van der Waals surface area contributed by atoms with Crippen molar-refractivity contribution in [2.45, 2.75) is 38.6 Å². The summed E-state index contributed by atoms with van der Waals surface area (Å²) in [7, 11) is 0. The highest BCUT2D eigenvalue weighted by Gasteiger charge is 2.21. The van der Waals surface area contributed by atoms with Crippen molar-refractivity contribution in [3.05, 3.63) is 35.9 Å². The van der Waals surface area contributed by atoms with Gasteiger partial charge in [-0.05, 0) is 25.3 Å². The topological polar surface area (TPSA) is 18.5 Å². The van der Waals surface area contributed by atoms with E-state index in [0.717, 1.165) is 13.0 Å². The minimum Gasteiger partial charge on any atom is -0.374 e. The van der Waals surface area contributed by atoms with E-state index >= 15 is 0 Å². The Morgan fingerprint density at radius 3 is 2.73 bits per heavy atom. The van der Waals surface area contributed by atoms with Gasteiger partial charge in [0.05, 0.1) is 25.4 Å². The largest absolute Gasteiger partial charge is 0.374 e. The Balaban J connectivity index is 1.67. The van der Waals surface area contributed by atoms with E-state index in [1.165, 1.54) is 12.0 Å². The number of hydrogen-bond donors (Lipinski definition) is 0. The fraction of sp³-hybridized carbons (Fsp3) is 0.538. The van der Waals surface area contributed by atoms with E-state index in [1.807, 2.05) is 18.2 Å². The maximum atomic E-state index is 5.67. The summed E-state index contributed by atoms with van der Waals surface area (Å²) in [5.74, 6) is 0. The van der Waals surface area contributed by atoms with Crippen LogP contribution < -0.4 is 0 Å². The first-order chi connectivity index (χ1) is 7.34. The molecule has 2 heteroatoms. The number of ether oxygens (including phenoxy) is 2. The van der Waals surface area contributed by atoms with Gasteiger partial charge < -0.3 is 9.47 Å². The Labute approximate surface area is 91.2 Å². The summed E-state index contributed by atoms with van der Waals surface area (Å²) in [4.78, 5) is 0. The van der Waals surface area contributed by atoms with Crippen LogP contribution in [0.1, 0.15) is 25.3 Å². The second-order valence-corrected chi connectivity index (χ2v) is 4.15. The van der Waals surface area contributed by atoms with Crippen LogP contribution in [0.3, 0.4) is 0 Å². The van der Waals surface area contributed by atoms with Crippen LogP contribution in [0.4, 0.5) is 0 Å². The Morgan fingerprint density at radius 2 is 2.07 bits per heavy atom. The summed E-state index contributed by atoms with van der Waals surface area (Å²) in [5, 5.41) is 0. The SMILES string of the molecule is CC1CCC(COCc2ccccc2)O1. The Kier molecular flexibility index (Phi) is 3.75. The zero-order valence-electron chi connectivity index (χ0n) is 9.19.